The summed E-state index contributed by atoms with van der Waals surface area (Å²) in [6.07, 6.45) is 2.13. The first kappa shape index (κ1) is 43.0. The monoisotopic (exact) mass is 772 g/mol. The van der Waals surface area contributed by atoms with Gasteiger partial charge in [0, 0.05) is 42.4 Å². The molecular weight excluding hydrogens is 716 g/mol. The van der Waals surface area contributed by atoms with Crippen LogP contribution in [0.5, 0.6) is 0 Å². The fourth-order valence-electron chi connectivity index (χ4n) is 6.56. The fraction of sp³-hybridized carbons (Fsp3) is 0.488. The lowest BCUT2D eigenvalue weighted by Crippen LogP contribution is -2.61. The molecule has 1 saturated heterocycles. The van der Waals surface area contributed by atoms with Crippen LogP contribution in [0.2, 0.25) is 0 Å². The molecule has 15 nitrogen and oxygen atoms in total. The predicted octanol–water partition coefficient (Wildman–Crippen LogP) is 1.68. The highest BCUT2D eigenvalue weighted by atomic mass is 16.2. The highest BCUT2D eigenvalue weighted by molar-refractivity contribution is 5.97. The van der Waals surface area contributed by atoms with Crippen LogP contribution >= 0.6 is 0 Å². The zero-order valence-electron chi connectivity index (χ0n) is 33.2. The van der Waals surface area contributed by atoms with Crippen molar-refractivity contribution in [1.82, 2.24) is 42.2 Å². The molecule has 8 N–H and O–H groups in total. The van der Waals surface area contributed by atoms with Gasteiger partial charge in [-0.3, -0.25) is 33.6 Å². The van der Waals surface area contributed by atoms with Crippen molar-refractivity contribution in [1.29, 1.82) is 0 Å². The SMILES string of the molecule is CC(C)[C@H]1NC(=O)[C@H](C)NC(=O)CCCNC(=O)[C@@H](Cc2c[nH]c3ccccc23)NC(=O)[C@@H](C)NC(=O)[C@@H](C(C)C)NC(=O)[C@@H]([C@@H](C)c2ccccc2)NC1=O. The van der Waals surface area contributed by atoms with Crippen LogP contribution in [-0.2, 0) is 40.0 Å². The highest BCUT2D eigenvalue weighted by Gasteiger charge is 2.36. The maximum absolute atomic E-state index is 14.1. The van der Waals surface area contributed by atoms with Gasteiger partial charge in [0.05, 0.1) is 0 Å². The Balaban J connectivity index is 1.65. The Morgan fingerprint density at radius 2 is 1.12 bits per heavy atom. The number of aromatic amines is 1. The molecule has 2 heterocycles. The fourth-order valence-corrected chi connectivity index (χ4v) is 6.56. The largest absolute Gasteiger partial charge is 0.361 e. The van der Waals surface area contributed by atoms with Gasteiger partial charge in [-0.05, 0) is 49.3 Å². The number of nitrogens with one attached hydrogen (secondary N) is 8. The second-order valence-corrected chi connectivity index (χ2v) is 15.2. The van der Waals surface area contributed by atoms with E-state index >= 15 is 0 Å². The van der Waals surface area contributed by atoms with Crippen molar-refractivity contribution in [3.8, 4) is 0 Å². The van der Waals surface area contributed by atoms with E-state index in [1.807, 2.05) is 54.6 Å². The molecule has 302 valence electrons. The molecule has 0 aliphatic carbocycles. The minimum atomic E-state index is -1.18. The van der Waals surface area contributed by atoms with Crippen molar-refractivity contribution in [2.45, 2.75) is 110 Å². The van der Waals surface area contributed by atoms with Crippen molar-refractivity contribution >= 4 is 52.3 Å². The number of hydrogen-bond donors (Lipinski definition) is 8. The van der Waals surface area contributed by atoms with Crippen molar-refractivity contribution in [3.05, 3.63) is 71.9 Å². The molecule has 3 aromatic rings. The molecule has 2 aromatic carbocycles. The second kappa shape index (κ2) is 19.7. The number of H-pyrrole nitrogens is 1. The van der Waals surface area contributed by atoms with Crippen LogP contribution in [0.3, 0.4) is 0 Å². The van der Waals surface area contributed by atoms with Crippen LogP contribution in [0.4, 0.5) is 0 Å². The number of hydrogen-bond acceptors (Lipinski definition) is 7. The van der Waals surface area contributed by atoms with Crippen LogP contribution in [0.1, 0.15) is 78.4 Å². The third kappa shape index (κ3) is 11.4. The summed E-state index contributed by atoms with van der Waals surface area (Å²) in [5, 5.41) is 20.1. The van der Waals surface area contributed by atoms with Gasteiger partial charge in [-0.15, -0.1) is 0 Å². The molecular formula is C41H56N8O7. The Morgan fingerprint density at radius 3 is 1.79 bits per heavy atom. The number of fused-ring (bicyclic) bond motifs is 1. The molecule has 15 heteroatoms. The molecule has 1 aliphatic heterocycles. The number of carbonyl (C=O) groups is 7. The lowest BCUT2D eigenvalue weighted by atomic mass is 9.91. The first-order chi connectivity index (χ1) is 26.6. The van der Waals surface area contributed by atoms with Gasteiger partial charge < -0.3 is 42.2 Å². The summed E-state index contributed by atoms with van der Waals surface area (Å²) in [5.74, 6) is -5.48. The average molecular weight is 773 g/mol. The molecule has 0 bridgehead atoms. The van der Waals surface area contributed by atoms with Crippen LogP contribution in [0.25, 0.3) is 10.9 Å². The number of rotatable bonds is 6. The summed E-state index contributed by atoms with van der Waals surface area (Å²) < 4.78 is 0. The van der Waals surface area contributed by atoms with Crippen molar-refractivity contribution in [3.63, 3.8) is 0 Å². The van der Waals surface area contributed by atoms with Crippen molar-refractivity contribution in [2.24, 2.45) is 11.8 Å². The van der Waals surface area contributed by atoms with Crippen LogP contribution in [-0.4, -0.2) is 89.1 Å². The molecule has 56 heavy (non-hydrogen) atoms. The third-order valence-electron chi connectivity index (χ3n) is 10.0. The summed E-state index contributed by atoms with van der Waals surface area (Å²) in [5.41, 5.74) is 2.39. The van der Waals surface area contributed by atoms with E-state index in [-0.39, 0.29) is 25.8 Å². The lowest BCUT2D eigenvalue weighted by Gasteiger charge is -2.31. The van der Waals surface area contributed by atoms with E-state index in [0.29, 0.717) is 0 Å². The zero-order valence-corrected chi connectivity index (χ0v) is 33.2. The topological polar surface area (TPSA) is 219 Å². The maximum atomic E-state index is 14.1. The minimum Gasteiger partial charge on any atom is -0.361 e. The Bertz CT molecular complexity index is 1880. The molecule has 0 spiro atoms. The van der Waals surface area contributed by atoms with Crippen LogP contribution < -0.4 is 37.2 Å². The molecule has 0 saturated carbocycles. The van der Waals surface area contributed by atoms with Gasteiger partial charge in [0.25, 0.3) is 0 Å². The van der Waals surface area contributed by atoms with Gasteiger partial charge in [0.15, 0.2) is 0 Å². The van der Waals surface area contributed by atoms with Gasteiger partial charge in [-0.2, -0.15) is 0 Å². The Hall–Kier alpha value is -5.73. The van der Waals surface area contributed by atoms with Crippen molar-refractivity contribution < 1.29 is 33.6 Å². The van der Waals surface area contributed by atoms with E-state index in [0.717, 1.165) is 22.0 Å². The lowest BCUT2D eigenvalue weighted by molar-refractivity contribution is -0.136. The highest BCUT2D eigenvalue weighted by Crippen LogP contribution is 2.21. The molecule has 7 amide bonds. The normalized spacial score (nSPS) is 25.0. The summed E-state index contributed by atoms with van der Waals surface area (Å²) in [6, 6.07) is 10.1. The van der Waals surface area contributed by atoms with Crippen LogP contribution in [0.15, 0.2) is 60.8 Å². The van der Waals surface area contributed by atoms with Gasteiger partial charge in [0.1, 0.15) is 36.3 Å². The standard InChI is InChI=1S/C41H56N8O7/c1-22(2)33-39(54)45-26(7)36(51)46-31(20-28-21-43-30-17-12-11-16-29(28)30)38(53)42-19-13-18-32(50)44-25(6)37(52)47-34(23(3)4)40(55)49-35(41(56)48-33)24(5)27-14-9-8-10-15-27/h8-12,14-17,21-26,31,33-35,43H,13,18-20H2,1-7H3,(H,42,53)(H,44,50)(H,45,54)(H,46,51)(H,47,52)(H,48,56)(H,49,55)/t24-,25-,26+,31+,33+,34+,35+/m0/s1. The number of carbonyl (C=O) groups excluding carboxylic acids is 7. The van der Waals surface area contributed by atoms with Gasteiger partial charge in [-0.1, -0.05) is 83.1 Å². The first-order valence-electron chi connectivity index (χ1n) is 19.3. The number of amides is 7. The summed E-state index contributed by atoms with van der Waals surface area (Å²) in [7, 11) is 0. The zero-order chi connectivity index (χ0) is 41.1. The first-order valence-corrected chi connectivity index (χ1v) is 19.3. The summed E-state index contributed by atoms with van der Waals surface area (Å²) >= 11 is 0. The Morgan fingerprint density at radius 1 is 0.589 bits per heavy atom. The summed E-state index contributed by atoms with van der Waals surface area (Å²) in [6.45, 7) is 11.8. The molecule has 0 radical (unpaired) electrons. The maximum Gasteiger partial charge on any atom is 0.243 e. The predicted molar refractivity (Wildman–Crippen MR) is 212 cm³/mol. The third-order valence-corrected chi connectivity index (χ3v) is 10.0. The van der Waals surface area contributed by atoms with Crippen molar-refractivity contribution in [2.75, 3.05) is 6.54 Å². The smallest absolute Gasteiger partial charge is 0.243 e. The van der Waals surface area contributed by atoms with E-state index in [9.17, 15) is 33.6 Å². The van der Waals surface area contributed by atoms with E-state index in [1.54, 1.807) is 40.8 Å². The number of para-hydroxylation sites is 1. The summed E-state index contributed by atoms with van der Waals surface area (Å²) in [4.78, 5) is 98.3. The van der Waals surface area contributed by atoms with Crippen LogP contribution in [0, 0.1) is 11.8 Å². The van der Waals surface area contributed by atoms with E-state index in [1.165, 1.54) is 13.8 Å². The van der Waals surface area contributed by atoms with E-state index in [4.69, 9.17) is 0 Å². The quantitative estimate of drug-likeness (QED) is 0.185. The van der Waals surface area contributed by atoms with Gasteiger partial charge in [0.2, 0.25) is 41.4 Å². The average Bonchev–Trinajstić information content (AvgIpc) is 3.57. The van der Waals surface area contributed by atoms with Gasteiger partial charge >= 0.3 is 0 Å². The second-order valence-electron chi connectivity index (χ2n) is 15.2. The molecule has 7 atom stereocenters. The minimum absolute atomic E-state index is 0.0142. The van der Waals surface area contributed by atoms with Gasteiger partial charge in [-0.25, -0.2) is 0 Å². The Kier molecular flexibility index (Phi) is 15.2. The molecule has 1 aromatic heterocycles. The Labute approximate surface area is 327 Å². The van der Waals surface area contributed by atoms with E-state index in [2.05, 4.69) is 42.2 Å². The molecule has 1 fully saturated rings. The molecule has 1 aliphatic rings. The van der Waals surface area contributed by atoms with E-state index < -0.39 is 95.4 Å². The number of aromatic nitrogens is 1. The molecule has 0 unspecified atom stereocenters. The number of benzene rings is 2. The molecule has 4 rings (SSSR count).